The van der Waals surface area contributed by atoms with Gasteiger partial charge in [0.05, 0.1) is 19.2 Å². The number of hydrogen-bond donors (Lipinski definition) is 3. The first-order chi connectivity index (χ1) is 12.6. The topological polar surface area (TPSA) is 84.7 Å². The first-order valence-electron chi connectivity index (χ1n) is 8.16. The third-order valence-corrected chi connectivity index (χ3v) is 4.35. The van der Waals surface area contributed by atoms with Crippen molar-refractivity contribution in [3.05, 3.63) is 53.2 Å². The molecule has 8 heteroatoms. The molecule has 144 valence electrons. The maximum atomic E-state index is 6.11. The molecule has 4 N–H and O–H groups in total. The fraction of sp³-hybridized carbons (Fsp3) is 0.211. The maximum Gasteiger partial charge on any atom is 0.193 e. The lowest BCUT2D eigenvalue weighted by Gasteiger charge is -2.08. The fourth-order valence-corrected chi connectivity index (χ4v) is 3.07. The number of nitrogens with two attached hydrogens (primary N) is 1. The number of aliphatic imine (C=N–C) groups is 1. The number of aromatic nitrogens is 1. The lowest BCUT2D eigenvalue weighted by Crippen LogP contribution is -2.23. The van der Waals surface area contributed by atoms with E-state index in [1.165, 1.54) is 0 Å². The van der Waals surface area contributed by atoms with Gasteiger partial charge in [-0.3, -0.25) is 4.99 Å². The van der Waals surface area contributed by atoms with Crippen molar-refractivity contribution < 1.29 is 9.47 Å². The molecule has 6 nitrogen and oxygen atoms in total. The molecule has 0 unspecified atom stereocenters. The molecule has 0 aliphatic heterocycles. The number of aromatic amines is 1. The third kappa shape index (κ3) is 4.98. The van der Waals surface area contributed by atoms with Crippen molar-refractivity contribution >= 4 is 58.1 Å². The number of guanidine groups is 1. The molecule has 3 rings (SSSR count). The van der Waals surface area contributed by atoms with Crippen molar-refractivity contribution in [2.45, 2.75) is 6.42 Å². The van der Waals surface area contributed by atoms with Gasteiger partial charge in [-0.2, -0.15) is 0 Å². The Hall–Kier alpha value is -2.13. The van der Waals surface area contributed by atoms with E-state index in [9.17, 15) is 0 Å². The molecule has 2 aromatic carbocycles. The van der Waals surface area contributed by atoms with Gasteiger partial charge in [-0.15, -0.1) is 24.0 Å². The van der Waals surface area contributed by atoms with Gasteiger partial charge in [-0.1, -0.05) is 17.7 Å². The summed E-state index contributed by atoms with van der Waals surface area (Å²) in [5.74, 6) is 1.79. The molecule has 0 saturated heterocycles. The predicted molar refractivity (Wildman–Crippen MR) is 122 cm³/mol. The highest BCUT2D eigenvalue weighted by molar-refractivity contribution is 14.0. The smallest absolute Gasteiger partial charge is 0.193 e. The standard InChI is InChI=1S/C19H21ClN4O2.HI/c1-25-16-7-6-13(10-14(16)20)24-19(21)22-9-8-12-11-23-15-4-3-5-17(26-2)18(12)15;/h3-7,10-11,23H,8-9H2,1-2H3,(H3,21,22,24);1H. The average Bonchev–Trinajstić information content (AvgIpc) is 3.05. The summed E-state index contributed by atoms with van der Waals surface area (Å²) in [5.41, 5.74) is 8.91. The van der Waals surface area contributed by atoms with E-state index in [1.807, 2.05) is 30.5 Å². The van der Waals surface area contributed by atoms with E-state index >= 15 is 0 Å². The quantitative estimate of drug-likeness (QED) is 0.266. The lowest BCUT2D eigenvalue weighted by atomic mass is 10.1. The van der Waals surface area contributed by atoms with Crippen LogP contribution in [0.1, 0.15) is 5.56 Å². The fourth-order valence-electron chi connectivity index (χ4n) is 2.82. The summed E-state index contributed by atoms with van der Waals surface area (Å²) < 4.78 is 10.6. The first kappa shape index (κ1) is 21.2. The van der Waals surface area contributed by atoms with Gasteiger partial charge in [-0.25, -0.2) is 0 Å². The number of ether oxygens (including phenoxy) is 2. The van der Waals surface area contributed by atoms with Crippen LogP contribution >= 0.6 is 35.6 Å². The highest BCUT2D eigenvalue weighted by Gasteiger charge is 2.08. The molecule has 0 bridgehead atoms. The Morgan fingerprint density at radius 3 is 2.67 bits per heavy atom. The number of nitrogens with one attached hydrogen (secondary N) is 2. The van der Waals surface area contributed by atoms with Gasteiger partial charge in [0, 0.05) is 29.3 Å². The van der Waals surface area contributed by atoms with E-state index in [-0.39, 0.29) is 24.0 Å². The van der Waals surface area contributed by atoms with E-state index < -0.39 is 0 Å². The Morgan fingerprint density at radius 2 is 1.96 bits per heavy atom. The van der Waals surface area contributed by atoms with Crippen LogP contribution < -0.4 is 20.5 Å². The van der Waals surface area contributed by atoms with Crippen LogP contribution in [0, 0.1) is 0 Å². The number of fused-ring (bicyclic) bond motifs is 1. The zero-order valence-electron chi connectivity index (χ0n) is 15.1. The first-order valence-corrected chi connectivity index (χ1v) is 8.53. The van der Waals surface area contributed by atoms with Crippen LogP contribution in [-0.2, 0) is 6.42 Å². The van der Waals surface area contributed by atoms with Crippen molar-refractivity contribution in [3.8, 4) is 11.5 Å². The highest BCUT2D eigenvalue weighted by atomic mass is 127. The Bertz CT molecular complexity index is 943. The van der Waals surface area contributed by atoms with Crippen molar-refractivity contribution in [1.82, 2.24) is 4.98 Å². The Kier molecular flexibility index (Phi) is 7.61. The summed E-state index contributed by atoms with van der Waals surface area (Å²) in [4.78, 5) is 7.64. The molecule has 0 spiro atoms. The van der Waals surface area contributed by atoms with Crippen molar-refractivity contribution in [2.75, 3.05) is 26.1 Å². The molecular weight excluding hydrogens is 479 g/mol. The number of halogens is 2. The van der Waals surface area contributed by atoms with E-state index in [0.717, 1.165) is 34.3 Å². The van der Waals surface area contributed by atoms with Crippen LogP contribution in [0.3, 0.4) is 0 Å². The van der Waals surface area contributed by atoms with E-state index in [2.05, 4.69) is 15.3 Å². The molecule has 0 atom stereocenters. The summed E-state index contributed by atoms with van der Waals surface area (Å²) in [6.07, 6.45) is 2.72. The van der Waals surface area contributed by atoms with Crippen LogP contribution in [0.4, 0.5) is 5.69 Å². The Balaban J connectivity index is 0.00000261. The second kappa shape index (κ2) is 9.70. The number of benzene rings is 2. The molecule has 0 saturated carbocycles. The largest absolute Gasteiger partial charge is 0.496 e. The number of H-pyrrole nitrogens is 1. The van der Waals surface area contributed by atoms with E-state index in [1.54, 1.807) is 26.4 Å². The van der Waals surface area contributed by atoms with Crippen molar-refractivity contribution in [1.29, 1.82) is 0 Å². The molecule has 1 aromatic heterocycles. The van der Waals surface area contributed by atoms with Gasteiger partial charge in [0.1, 0.15) is 11.5 Å². The predicted octanol–water partition coefficient (Wildman–Crippen LogP) is 4.43. The minimum absolute atomic E-state index is 0. The van der Waals surface area contributed by atoms with Crippen LogP contribution in [0.2, 0.25) is 5.02 Å². The molecule has 27 heavy (non-hydrogen) atoms. The Morgan fingerprint density at radius 1 is 1.19 bits per heavy atom. The lowest BCUT2D eigenvalue weighted by molar-refractivity contribution is 0.415. The van der Waals surface area contributed by atoms with Gasteiger partial charge in [0.2, 0.25) is 0 Å². The second-order valence-electron chi connectivity index (χ2n) is 5.69. The number of anilines is 1. The Labute approximate surface area is 180 Å². The molecule has 3 aromatic rings. The third-order valence-electron chi connectivity index (χ3n) is 4.06. The molecule has 0 aliphatic rings. The van der Waals surface area contributed by atoms with Gasteiger partial charge < -0.3 is 25.5 Å². The zero-order valence-corrected chi connectivity index (χ0v) is 18.2. The monoisotopic (exact) mass is 500 g/mol. The average molecular weight is 501 g/mol. The highest BCUT2D eigenvalue weighted by Crippen LogP contribution is 2.29. The summed E-state index contributed by atoms with van der Waals surface area (Å²) in [6, 6.07) is 11.3. The number of rotatable bonds is 6. The molecule has 0 amide bonds. The van der Waals surface area contributed by atoms with Gasteiger partial charge in [0.15, 0.2) is 5.96 Å². The number of methoxy groups -OCH3 is 2. The van der Waals surface area contributed by atoms with Crippen LogP contribution in [0.5, 0.6) is 11.5 Å². The van der Waals surface area contributed by atoms with Gasteiger partial charge in [-0.05, 0) is 42.3 Å². The van der Waals surface area contributed by atoms with Gasteiger partial charge in [0.25, 0.3) is 0 Å². The SMILES string of the molecule is COc1ccc(NC(N)=NCCc2c[nH]c3cccc(OC)c23)cc1Cl.I. The van der Waals surface area contributed by atoms with Crippen LogP contribution in [0.25, 0.3) is 10.9 Å². The number of hydrogen-bond acceptors (Lipinski definition) is 3. The van der Waals surface area contributed by atoms with Crippen molar-refractivity contribution in [2.24, 2.45) is 10.7 Å². The molecular formula is C19H22ClIN4O2. The van der Waals surface area contributed by atoms with Crippen LogP contribution in [-0.4, -0.2) is 31.7 Å². The van der Waals surface area contributed by atoms with Crippen molar-refractivity contribution in [3.63, 3.8) is 0 Å². The summed E-state index contributed by atoms with van der Waals surface area (Å²) in [6.45, 7) is 0.549. The van der Waals surface area contributed by atoms with E-state index in [4.69, 9.17) is 26.8 Å². The maximum absolute atomic E-state index is 6.11. The molecule has 1 heterocycles. The molecule has 0 radical (unpaired) electrons. The van der Waals surface area contributed by atoms with Gasteiger partial charge >= 0.3 is 0 Å². The zero-order chi connectivity index (χ0) is 18.5. The minimum atomic E-state index is 0. The minimum Gasteiger partial charge on any atom is -0.496 e. The second-order valence-corrected chi connectivity index (χ2v) is 6.10. The van der Waals surface area contributed by atoms with E-state index in [0.29, 0.717) is 23.3 Å². The normalized spacial score (nSPS) is 11.1. The summed E-state index contributed by atoms with van der Waals surface area (Å²) in [7, 11) is 3.25. The molecule has 0 aliphatic carbocycles. The molecule has 0 fully saturated rings. The number of nitrogens with zero attached hydrogens (tertiary/aromatic N) is 1. The summed E-state index contributed by atoms with van der Waals surface area (Å²) >= 11 is 6.11. The summed E-state index contributed by atoms with van der Waals surface area (Å²) in [5, 5.41) is 4.62. The van der Waals surface area contributed by atoms with Crippen LogP contribution in [0.15, 0.2) is 47.6 Å².